The minimum atomic E-state index is -0.509. The SMILES string of the molecule is COc1ccc(Cl)cc1NC(=S)NC(=O)c1ccc(-c2ccc(Cl)c(Cl)c2)o1. The molecule has 2 N–H and O–H groups in total. The van der Waals surface area contributed by atoms with E-state index in [9.17, 15) is 4.79 Å². The summed E-state index contributed by atoms with van der Waals surface area (Å²) in [5.74, 6) is 0.577. The molecule has 3 aromatic rings. The smallest absolute Gasteiger partial charge is 0.293 e. The Bertz CT molecular complexity index is 1050. The van der Waals surface area contributed by atoms with Crippen molar-refractivity contribution < 1.29 is 13.9 Å². The summed E-state index contributed by atoms with van der Waals surface area (Å²) in [6, 6.07) is 13.2. The lowest BCUT2D eigenvalue weighted by atomic mass is 10.2. The molecule has 5 nitrogen and oxygen atoms in total. The monoisotopic (exact) mass is 454 g/mol. The molecule has 0 atom stereocenters. The van der Waals surface area contributed by atoms with E-state index in [-0.39, 0.29) is 10.9 Å². The van der Waals surface area contributed by atoms with Gasteiger partial charge in [-0.15, -0.1) is 0 Å². The molecular formula is C19H13Cl3N2O3S. The summed E-state index contributed by atoms with van der Waals surface area (Å²) < 4.78 is 10.8. The molecule has 144 valence electrons. The number of nitrogens with one attached hydrogen (secondary N) is 2. The van der Waals surface area contributed by atoms with E-state index in [1.165, 1.54) is 13.2 Å². The molecule has 0 bridgehead atoms. The average Bonchev–Trinajstić information content (AvgIpc) is 3.14. The summed E-state index contributed by atoms with van der Waals surface area (Å²) in [6.07, 6.45) is 0. The highest BCUT2D eigenvalue weighted by Crippen LogP contribution is 2.30. The van der Waals surface area contributed by atoms with Crippen molar-refractivity contribution in [3.63, 3.8) is 0 Å². The third-order valence-corrected chi connectivity index (χ3v) is 4.85. The van der Waals surface area contributed by atoms with Crippen molar-refractivity contribution in [2.24, 2.45) is 0 Å². The molecule has 9 heteroatoms. The van der Waals surface area contributed by atoms with Crippen LogP contribution in [0.15, 0.2) is 52.9 Å². The van der Waals surface area contributed by atoms with Crippen LogP contribution in [0.4, 0.5) is 5.69 Å². The standard InChI is InChI=1S/C19H13Cl3N2O3S/c1-26-16-5-3-11(20)9-14(16)23-19(28)24-18(25)17-7-6-15(27-17)10-2-4-12(21)13(22)8-10/h2-9H,1H3,(H2,23,24,25,28). The Hall–Kier alpha value is -2.25. The molecule has 1 heterocycles. The van der Waals surface area contributed by atoms with Crippen LogP contribution in [-0.4, -0.2) is 18.1 Å². The first-order chi connectivity index (χ1) is 13.4. The van der Waals surface area contributed by atoms with E-state index in [4.69, 9.17) is 56.2 Å². The quantitative estimate of drug-likeness (QED) is 0.469. The highest BCUT2D eigenvalue weighted by atomic mass is 35.5. The van der Waals surface area contributed by atoms with E-state index in [1.54, 1.807) is 42.5 Å². The van der Waals surface area contributed by atoms with Gasteiger partial charge in [0.25, 0.3) is 5.91 Å². The molecule has 0 fully saturated rings. The molecule has 1 amide bonds. The van der Waals surface area contributed by atoms with Crippen LogP contribution < -0.4 is 15.4 Å². The van der Waals surface area contributed by atoms with E-state index in [2.05, 4.69) is 10.6 Å². The first kappa shape index (κ1) is 20.5. The topological polar surface area (TPSA) is 63.5 Å². The maximum Gasteiger partial charge on any atom is 0.293 e. The van der Waals surface area contributed by atoms with E-state index in [0.717, 1.165) is 0 Å². The number of benzene rings is 2. The number of halogens is 3. The van der Waals surface area contributed by atoms with Crippen LogP contribution in [0.1, 0.15) is 10.6 Å². The van der Waals surface area contributed by atoms with Crippen molar-refractivity contribution in [2.75, 3.05) is 12.4 Å². The Morgan fingerprint density at radius 2 is 1.82 bits per heavy atom. The number of hydrogen-bond donors (Lipinski definition) is 2. The summed E-state index contributed by atoms with van der Waals surface area (Å²) in [4.78, 5) is 12.4. The van der Waals surface area contributed by atoms with Gasteiger partial charge in [0.2, 0.25) is 0 Å². The van der Waals surface area contributed by atoms with Crippen molar-refractivity contribution in [1.29, 1.82) is 0 Å². The maximum absolute atomic E-state index is 12.4. The first-order valence-corrected chi connectivity index (χ1v) is 9.42. The second-order valence-corrected chi connectivity index (χ2v) is 7.20. The molecule has 0 spiro atoms. The Labute approximate surface area is 181 Å². The van der Waals surface area contributed by atoms with Crippen molar-refractivity contribution in [2.45, 2.75) is 0 Å². The van der Waals surface area contributed by atoms with Crippen LogP contribution in [0, 0.1) is 0 Å². The van der Waals surface area contributed by atoms with Gasteiger partial charge in [-0.25, -0.2) is 0 Å². The molecule has 3 rings (SSSR count). The minimum Gasteiger partial charge on any atom is -0.495 e. The fourth-order valence-corrected chi connectivity index (χ4v) is 3.03. The number of methoxy groups -OCH3 is 1. The van der Waals surface area contributed by atoms with Gasteiger partial charge in [0.1, 0.15) is 11.5 Å². The average molecular weight is 456 g/mol. The van der Waals surface area contributed by atoms with Gasteiger partial charge >= 0.3 is 0 Å². The largest absolute Gasteiger partial charge is 0.495 e. The van der Waals surface area contributed by atoms with Gasteiger partial charge < -0.3 is 14.5 Å². The number of furan rings is 1. The zero-order valence-electron chi connectivity index (χ0n) is 14.4. The third kappa shape index (κ3) is 4.77. The van der Waals surface area contributed by atoms with Crippen LogP contribution in [0.2, 0.25) is 15.1 Å². The molecular weight excluding hydrogens is 443 g/mol. The lowest BCUT2D eigenvalue weighted by molar-refractivity contribution is 0.0951. The molecule has 0 saturated heterocycles. The summed E-state index contributed by atoms with van der Waals surface area (Å²) in [6.45, 7) is 0. The normalized spacial score (nSPS) is 10.4. The predicted molar refractivity (Wildman–Crippen MR) is 116 cm³/mol. The second-order valence-electron chi connectivity index (χ2n) is 5.55. The number of amides is 1. The van der Waals surface area contributed by atoms with Crippen LogP contribution in [0.3, 0.4) is 0 Å². The number of ether oxygens (including phenoxy) is 1. The predicted octanol–water partition coefficient (Wildman–Crippen LogP) is 6.04. The van der Waals surface area contributed by atoms with Crippen molar-refractivity contribution in [3.05, 3.63) is 69.4 Å². The van der Waals surface area contributed by atoms with Gasteiger partial charge in [-0.2, -0.15) is 0 Å². The van der Waals surface area contributed by atoms with Gasteiger partial charge in [0.15, 0.2) is 10.9 Å². The number of rotatable bonds is 4. The lowest BCUT2D eigenvalue weighted by Crippen LogP contribution is -2.34. The van der Waals surface area contributed by atoms with Crippen LogP contribution in [0.5, 0.6) is 5.75 Å². The molecule has 0 radical (unpaired) electrons. The Morgan fingerprint density at radius 3 is 2.54 bits per heavy atom. The van der Waals surface area contributed by atoms with Crippen molar-refractivity contribution >= 4 is 63.7 Å². The van der Waals surface area contributed by atoms with Crippen LogP contribution >= 0.6 is 47.0 Å². The molecule has 0 aliphatic carbocycles. The van der Waals surface area contributed by atoms with E-state index in [1.807, 2.05) is 0 Å². The molecule has 0 aliphatic rings. The summed E-state index contributed by atoms with van der Waals surface area (Å²) in [7, 11) is 1.52. The molecule has 28 heavy (non-hydrogen) atoms. The number of hydrogen-bond acceptors (Lipinski definition) is 4. The molecule has 0 unspecified atom stereocenters. The molecule has 2 aromatic carbocycles. The van der Waals surface area contributed by atoms with E-state index >= 15 is 0 Å². The van der Waals surface area contributed by atoms with Crippen molar-refractivity contribution in [3.8, 4) is 17.1 Å². The highest BCUT2D eigenvalue weighted by Gasteiger charge is 2.15. The zero-order chi connectivity index (χ0) is 20.3. The third-order valence-electron chi connectivity index (χ3n) is 3.67. The van der Waals surface area contributed by atoms with Gasteiger partial charge in [-0.3, -0.25) is 10.1 Å². The van der Waals surface area contributed by atoms with Crippen LogP contribution in [-0.2, 0) is 0 Å². The number of carbonyl (C=O) groups is 1. The lowest BCUT2D eigenvalue weighted by Gasteiger charge is -2.12. The van der Waals surface area contributed by atoms with E-state index < -0.39 is 5.91 Å². The van der Waals surface area contributed by atoms with Gasteiger partial charge in [-0.05, 0) is 60.7 Å². The minimum absolute atomic E-state index is 0.0676. The molecule has 0 aliphatic heterocycles. The Balaban J connectivity index is 1.70. The Morgan fingerprint density at radius 1 is 1.04 bits per heavy atom. The molecule has 0 saturated carbocycles. The summed E-state index contributed by atoms with van der Waals surface area (Å²) >= 11 is 23.1. The second kappa shape index (κ2) is 8.84. The summed E-state index contributed by atoms with van der Waals surface area (Å²) in [5, 5.41) is 6.80. The Kier molecular flexibility index (Phi) is 6.46. The van der Waals surface area contributed by atoms with Crippen molar-refractivity contribution in [1.82, 2.24) is 5.32 Å². The number of carbonyl (C=O) groups excluding carboxylic acids is 1. The fourth-order valence-electron chi connectivity index (χ4n) is 2.36. The van der Waals surface area contributed by atoms with Gasteiger partial charge in [-0.1, -0.05) is 34.8 Å². The maximum atomic E-state index is 12.4. The van der Waals surface area contributed by atoms with Gasteiger partial charge in [0.05, 0.1) is 22.8 Å². The number of anilines is 1. The fraction of sp³-hybridized carbons (Fsp3) is 0.0526. The first-order valence-electron chi connectivity index (χ1n) is 7.88. The summed E-state index contributed by atoms with van der Waals surface area (Å²) in [5.41, 5.74) is 1.22. The highest BCUT2D eigenvalue weighted by molar-refractivity contribution is 7.80. The van der Waals surface area contributed by atoms with Crippen LogP contribution in [0.25, 0.3) is 11.3 Å². The molecule has 1 aromatic heterocycles. The van der Waals surface area contributed by atoms with Gasteiger partial charge in [0, 0.05) is 10.6 Å². The van der Waals surface area contributed by atoms with E-state index in [0.29, 0.717) is 37.8 Å². The number of thiocarbonyl (C=S) groups is 1. The zero-order valence-corrected chi connectivity index (χ0v) is 17.5.